The Balaban J connectivity index is 1.70. The minimum Gasteiger partial charge on any atom is -0.493 e. The van der Waals surface area contributed by atoms with Crippen molar-refractivity contribution in [3.05, 3.63) is 83.4 Å². The van der Waals surface area contributed by atoms with Crippen LogP contribution in [0.1, 0.15) is 44.6 Å². The summed E-state index contributed by atoms with van der Waals surface area (Å²) < 4.78 is 40.0. The summed E-state index contributed by atoms with van der Waals surface area (Å²) in [5.74, 6) is -0.114. The molecule has 11 heteroatoms. The average Bonchev–Trinajstić information content (AvgIpc) is 3.55. The second kappa shape index (κ2) is 15.3. The van der Waals surface area contributed by atoms with E-state index in [0.717, 1.165) is 35.6 Å². The molecular formula is C33H40ClN3O6S. The van der Waals surface area contributed by atoms with Crippen molar-refractivity contribution in [3.63, 3.8) is 0 Å². The topological polar surface area (TPSA) is 105 Å². The van der Waals surface area contributed by atoms with Crippen LogP contribution in [0.3, 0.4) is 0 Å². The number of halogens is 1. The molecule has 9 nitrogen and oxygen atoms in total. The fraction of sp³-hybridized carbons (Fsp3) is 0.394. The maximum absolute atomic E-state index is 14.2. The number of sulfonamides is 1. The molecule has 1 atom stereocenters. The molecule has 0 saturated heterocycles. The summed E-state index contributed by atoms with van der Waals surface area (Å²) in [6, 6.07) is 19.5. The SMILES string of the molecule is CCC(C(=O)NC1CCCC1)N(CCc1ccccc1)C(=O)CN(c1ccc(Cl)cc1)S(=O)(=O)c1ccc(OC)c(OC)c1. The lowest BCUT2D eigenvalue weighted by Crippen LogP contribution is -2.54. The molecule has 0 radical (unpaired) electrons. The van der Waals surface area contributed by atoms with Gasteiger partial charge in [-0.1, -0.05) is 61.7 Å². The predicted molar refractivity (Wildman–Crippen MR) is 172 cm³/mol. The highest BCUT2D eigenvalue weighted by Gasteiger charge is 2.34. The third-order valence-electron chi connectivity index (χ3n) is 7.91. The Morgan fingerprint density at radius 2 is 1.61 bits per heavy atom. The second-order valence-electron chi connectivity index (χ2n) is 10.7. The predicted octanol–water partition coefficient (Wildman–Crippen LogP) is 5.46. The average molecular weight is 642 g/mol. The third-order valence-corrected chi connectivity index (χ3v) is 9.93. The van der Waals surface area contributed by atoms with Crippen LogP contribution < -0.4 is 19.1 Å². The molecule has 0 bridgehead atoms. The molecule has 3 aromatic rings. The Bertz CT molecular complexity index is 1510. The summed E-state index contributed by atoms with van der Waals surface area (Å²) >= 11 is 6.12. The van der Waals surface area contributed by atoms with Crippen molar-refractivity contribution in [3.8, 4) is 11.5 Å². The summed E-state index contributed by atoms with van der Waals surface area (Å²) in [6.07, 6.45) is 4.82. The summed E-state index contributed by atoms with van der Waals surface area (Å²) in [4.78, 5) is 29.2. The van der Waals surface area contributed by atoms with Crippen LogP contribution in [0.15, 0.2) is 77.7 Å². The van der Waals surface area contributed by atoms with Gasteiger partial charge in [0.2, 0.25) is 11.8 Å². The lowest BCUT2D eigenvalue weighted by atomic mass is 10.1. The standard InChI is InChI=1S/C33H40ClN3O6S/c1-4-29(33(39)35-26-12-8-9-13-26)36(21-20-24-10-6-5-7-11-24)32(38)23-37(27-16-14-25(34)15-17-27)44(40,41)28-18-19-30(42-2)31(22-28)43-3/h5-7,10-11,14-19,22,26,29H,4,8-9,12-13,20-21,23H2,1-3H3,(H,35,39). The van der Waals surface area contributed by atoms with Gasteiger partial charge in [0.05, 0.1) is 24.8 Å². The maximum Gasteiger partial charge on any atom is 0.264 e. The van der Waals surface area contributed by atoms with Gasteiger partial charge in [-0.25, -0.2) is 8.42 Å². The largest absolute Gasteiger partial charge is 0.493 e. The van der Waals surface area contributed by atoms with Crippen molar-refractivity contribution in [2.24, 2.45) is 0 Å². The molecule has 0 spiro atoms. The number of hydrogen-bond donors (Lipinski definition) is 1. The Hall–Kier alpha value is -3.76. The smallest absolute Gasteiger partial charge is 0.264 e. The van der Waals surface area contributed by atoms with Gasteiger partial charge in [-0.15, -0.1) is 0 Å². The van der Waals surface area contributed by atoms with Crippen molar-refractivity contribution < 1.29 is 27.5 Å². The van der Waals surface area contributed by atoms with E-state index in [-0.39, 0.29) is 34.8 Å². The zero-order valence-electron chi connectivity index (χ0n) is 25.4. The van der Waals surface area contributed by atoms with Gasteiger partial charge in [0, 0.05) is 23.7 Å². The first-order valence-corrected chi connectivity index (χ1v) is 16.6. The molecule has 1 aliphatic rings. The van der Waals surface area contributed by atoms with E-state index in [4.69, 9.17) is 21.1 Å². The number of nitrogens with zero attached hydrogens (tertiary/aromatic N) is 2. The number of methoxy groups -OCH3 is 2. The molecule has 1 N–H and O–H groups in total. The van der Waals surface area contributed by atoms with Crippen molar-refractivity contribution in [2.45, 2.75) is 62.4 Å². The Kier molecular flexibility index (Phi) is 11.5. The van der Waals surface area contributed by atoms with Crippen LogP contribution in [0.25, 0.3) is 0 Å². The van der Waals surface area contributed by atoms with Crippen LogP contribution in [0.2, 0.25) is 5.02 Å². The zero-order chi connectivity index (χ0) is 31.7. The van der Waals surface area contributed by atoms with Crippen molar-refractivity contribution in [2.75, 3.05) is 31.6 Å². The van der Waals surface area contributed by atoms with Crippen LogP contribution in [-0.4, -0.2) is 64.5 Å². The monoisotopic (exact) mass is 641 g/mol. The molecule has 4 rings (SSSR count). The van der Waals surface area contributed by atoms with Gasteiger partial charge in [-0.3, -0.25) is 13.9 Å². The molecule has 3 aromatic carbocycles. The van der Waals surface area contributed by atoms with Crippen molar-refractivity contribution in [1.29, 1.82) is 0 Å². The van der Waals surface area contributed by atoms with Gasteiger partial charge < -0.3 is 19.7 Å². The van der Waals surface area contributed by atoms with Crippen LogP contribution in [0.5, 0.6) is 11.5 Å². The van der Waals surface area contributed by atoms with Gasteiger partial charge in [0.1, 0.15) is 12.6 Å². The van der Waals surface area contributed by atoms with Gasteiger partial charge >= 0.3 is 0 Å². The minimum absolute atomic E-state index is 0.0821. The van der Waals surface area contributed by atoms with Gasteiger partial charge in [0.15, 0.2) is 11.5 Å². The molecule has 0 aliphatic heterocycles. The number of ether oxygens (including phenoxy) is 2. The quantitative estimate of drug-likeness (QED) is 0.251. The molecule has 1 aliphatic carbocycles. The highest BCUT2D eigenvalue weighted by atomic mass is 35.5. The molecular weight excluding hydrogens is 602 g/mol. The van der Waals surface area contributed by atoms with E-state index in [0.29, 0.717) is 23.6 Å². The molecule has 1 saturated carbocycles. The number of carbonyl (C=O) groups excluding carboxylic acids is 2. The summed E-state index contributed by atoms with van der Waals surface area (Å²) in [5.41, 5.74) is 1.26. The minimum atomic E-state index is -4.28. The number of hydrogen-bond acceptors (Lipinski definition) is 6. The number of carbonyl (C=O) groups is 2. The molecule has 236 valence electrons. The van der Waals surface area contributed by atoms with Gasteiger partial charge in [-0.2, -0.15) is 0 Å². The molecule has 0 aromatic heterocycles. The van der Waals surface area contributed by atoms with E-state index in [1.54, 1.807) is 24.3 Å². The third kappa shape index (κ3) is 8.04. The fourth-order valence-electron chi connectivity index (χ4n) is 5.50. The van der Waals surface area contributed by atoms with Crippen LogP contribution in [-0.2, 0) is 26.0 Å². The van der Waals surface area contributed by atoms with E-state index >= 15 is 0 Å². The van der Waals surface area contributed by atoms with Gasteiger partial charge in [0.25, 0.3) is 10.0 Å². The van der Waals surface area contributed by atoms with Crippen molar-refractivity contribution in [1.82, 2.24) is 10.2 Å². The number of amides is 2. The van der Waals surface area contributed by atoms with E-state index in [1.807, 2.05) is 37.3 Å². The normalized spacial score (nSPS) is 14.1. The Morgan fingerprint density at radius 1 is 0.955 bits per heavy atom. The first-order valence-electron chi connectivity index (χ1n) is 14.8. The van der Waals surface area contributed by atoms with E-state index in [1.165, 1.54) is 37.3 Å². The Labute approximate surface area is 265 Å². The number of benzene rings is 3. The van der Waals surface area contributed by atoms with Crippen LogP contribution >= 0.6 is 11.6 Å². The molecule has 44 heavy (non-hydrogen) atoms. The summed E-state index contributed by atoms with van der Waals surface area (Å²) in [7, 11) is -1.41. The van der Waals surface area contributed by atoms with E-state index < -0.39 is 28.5 Å². The second-order valence-corrected chi connectivity index (χ2v) is 13.0. The maximum atomic E-state index is 14.2. The lowest BCUT2D eigenvalue weighted by Gasteiger charge is -2.33. The first kappa shape index (κ1) is 33.1. The lowest BCUT2D eigenvalue weighted by molar-refractivity contribution is -0.139. The molecule has 1 unspecified atom stereocenters. The van der Waals surface area contributed by atoms with Gasteiger partial charge in [-0.05, 0) is 67.6 Å². The highest BCUT2D eigenvalue weighted by Crippen LogP contribution is 2.33. The summed E-state index contributed by atoms with van der Waals surface area (Å²) in [5, 5.41) is 3.55. The van der Waals surface area contributed by atoms with Crippen molar-refractivity contribution >= 4 is 39.1 Å². The fourth-order valence-corrected chi connectivity index (χ4v) is 7.06. The number of anilines is 1. The highest BCUT2D eigenvalue weighted by molar-refractivity contribution is 7.92. The van der Waals surface area contributed by atoms with E-state index in [9.17, 15) is 18.0 Å². The van der Waals surface area contributed by atoms with E-state index in [2.05, 4.69) is 5.32 Å². The zero-order valence-corrected chi connectivity index (χ0v) is 26.9. The number of rotatable bonds is 14. The van der Waals surface area contributed by atoms with Crippen LogP contribution in [0, 0.1) is 0 Å². The van der Waals surface area contributed by atoms with Crippen LogP contribution in [0.4, 0.5) is 5.69 Å². The molecule has 2 amide bonds. The molecule has 0 heterocycles. The first-order chi connectivity index (χ1) is 21.2. The number of nitrogens with one attached hydrogen (secondary N) is 1. The molecule has 1 fully saturated rings. The summed E-state index contributed by atoms with van der Waals surface area (Å²) in [6.45, 7) is 1.57. The Morgan fingerprint density at radius 3 is 2.23 bits per heavy atom.